The predicted octanol–water partition coefficient (Wildman–Crippen LogP) is 6.71. The summed E-state index contributed by atoms with van der Waals surface area (Å²) in [6.07, 6.45) is 6.35. The van der Waals surface area contributed by atoms with Crippen LogP contribution >= 0.6 is 0 Å². The number of aryl methyl sites for hydroxylation is 1. The summed E-state index contributed by atoms with van der Waals surface area (Å²) in [5.41, 5.74) is 3.83. The molecule has 0 amide bonds. The number of hydrogen-bond donors (Lipinski definition) is 1. The predicted molar refractivity (Wildman–Crippen MR) is 102 cm³/mol. The van der Waals surface area contributed by atoms with Gasteiger partial charge in [-0.05, 0) is 35.9 Å². The lowest BCUT2D eigenvalue weighted by Gasteiger charge is -2.14. The van der Waals surface area contributed by atoms with E-state index in [2.05, 4.69) is 79.0 Å². The van der Waals surface area contributed by atoms with Crippen molar-refractivity contribution in [2.75, 3.05) is 5.32 Å². The lowest BCUT2D eigenvalue weighted by Crippen LogP contribution is -1.97. The summed E-state index contributed by atoms with van der Waals surface area (Å²) in [5.74, 6) is 0. The van der Waals surface area contributed by atoms with Crippen molar-refractivity contribution in [1.82, 2.24) is 0 Å². The van der Waals surface area contributed by atoms with Crippen molar-refractivity contribution in [1.29, 1.82) is 0 Å². The van der Waals surface area contributed by atoms with Crippen LogP contribution in [0.25, 0.3) is 10.8 Å². The molecule has 0 aliphatic heterocycles. The van der Waals surface area contributed by atoms with E-state index in [1.807, 2.05) is 0 Å². The third-order valence-corrected chi connectivity index (χ3v) is 4.38. The smallest absolute Gasteiger partial charge is 0.0463 e. The highest BCUT2D eigenvalue weighted by Crippen LogP contribution is 2.28. The third-order valence-electron chi connectivity index (χ3n) is 4.38. The molecule has 0 atom stereocenters. The van der Waals surface area contributed by atoms with Gasteiger partial charge in [0.15, 0.2) is 0 Å². The Hall–Kier alpha value is -2.28. The first kappa shape index (κ1) is 15.6. The zero-order valence-corrected chi connectivity index (χ0v) is 13.9. The van der Waals surface area contributed by atoms with Gasteiger partial charge < -0.3 is 5.32 Å². The molecule has 1 nitrogen and oxygen atoms in total. The Kier molecular flexibility index (Phi) is 5.31. The molecule has 3 aromatic carbocycles. The zero-order valence-electron chi connectivity index (χ0n) is 13.9. The number of rotatable bonds is 7. The summed E-state index contributed by atoms with van der Waals surface area (Å²) in [6, 6.07) is 23.7. The summed E-state index contributed by atoms with van der Waals surface area (Å²) in [6.45, 7) is 2.26. The Bertz CT molecular complexity index is 755. The van der Waals surface area contributed by atoms with Gasteiger partial charge >= 0.3 is 0 Å². The van der Waals surface area contributed by atoms with Crippen molar-refractivity contribution >= 4 is 22.1 Å². The molecule has 0 aliphatic rings. The van der Waals surface area contributed by atoms with E-state index in [0.29, 0.717) is 0 Å². The standard InChI is InChI=1S/C22H25N/c1-2-3-4-5-12-19-13-7-9-16-21(19)23-22-17-10-14-18-11-6-8-15-20(18)22/h6-11,13-17,23H,2-5,12H2,1H3. The summed E-state index contributed by atoms with van der Waals surface area (Å²) < 4.78 is 0. The number of para-hydroxylation sites is 1. The molecule has 0 heterocycles. The highest BCUT2D eigenvalue weighted by atomic mass is 14.9. The second-order valence-electron chi connectivity index (χ2n) is 6.12. The van der Waals surface area contributed by atoms with Crippen LogP contribution in [-0.2, 0) is 6.42 Å². The SMILES string of the molecule is CCCCCCc1ccccc1Nc1cccc2ccccc12. The van der Waals surface area contributed by atoms with Gasteiger partial charge in [-0.25, -0.2) is 0 Å². The van der Waals surface area contributed by atoms with Crippen molar-refractivity contribution in [2.45, 2.75) is 39.0 Å². The first-order valence-electron chi connectivity index (χ1n) is 8.71. The van der Waals surface area contributed by atoms with Gasteiger partial charge in [-0.2, -0.15) is 0 Å². The average molecular weight is 303 g/mol. The average Bonchev–Trinajstić information content (AvgIpc) is 2.60. The van der Waals surface area contributed by atoms with Crippen molar-refractivity contribution in [2.24, 2.45) is 0 Å². The Morgan fingerprint density at radius 3 is 2.35 bits per heavy atom. The first-order chi connectivity index (χ1) is 11.4. The summed E-state index contributed by atoms with van der Waals surface area (Å²) in [7, 11) is 0. The van der Waals surface area contributed by atoms with E-state index >= 15 is 0 Å². The molecule has 0 aromatic heterocycles. The number of unbranched alkanes of at least 4 members (excludes halogenated alkanes) is 3. The summed E-state index contributed by atoms with van der Waals surface area (Å²) in [4.78, 5) is 0. The molecule has 0 saturated carbocycles. The Balaban J connectivity index is 1.82. The molecule has 0 fully saturated rings. The fourth-order valence-corrected chi connectivity index (χ4v) is 3.08. The number of benzene rings is 3. The van der Waals surface area contributed by atoms with Crippen LogP contribution in [0.2, 0.25) is 0 Å². The second-order valence-corrected chi connectivity index (χ2v) is 6.12. The highest BCUT2D eigenvalue weighted by molar-refractivity contribution is 5.95. The van der Waals surface area contributed by atoms with Crippen LogP contribution in [0.4, 0.5) is 11.4 Å². The van der Waals surface area contributed by atoms with Crippen LogP contribution in [0, 0.1) is 0 Å². The normalized spacial score (nSPS) is 10.8. The molecule has 23 heavy (non-hydrogen) atoms. The molecule has 0 aliphatic carbocycles. The van der Waals surface area contributed by atoms with Crippen LogP contribution in [0.1, 0.15) is 38.2 Å². The monoisotopic (exact) mass is 303 g/mol. The molecule has 0 spiro atoms. The van der Waals surface area contributed by atoms with Crippen molar-refractivity contribution in [3.05, 3.63) is 72.3 Å². The largest absolute Gasteiger partial charge is 0.355 e. The van der Waals surface area contributed by atoms with Crippen LogP contribution in [-0.4, -0.2) is 0 Å². The molecule has 0 radical (unpaired) electrons. The second kappa shape index (κ2) is 7.82. The Labute approximate surface area is 139 Å². The molecule has 118 valence electrons. The van der Waals surface area contributed by atoms with Crippen LogP contribution in [0.5, 0.6) is 0 Å². The van der Waals surface area contributed by atoms with E-state index < -0.39 is 0 Å². The Morgan fingerprint density at radius 2 is 1.43 bits per heavy atom. The van der Waals surface area contributed by atoms with Gasteiger partial charge in [0.25, 0.3) is 0 Å². The van der Waals surface area contributed by atoms with Crippen LogP contribution in [0.3, 0.4) is 0 Å². The third kappa shape index (κ3) is 3.92. The lowest BCUT2D eigenvalue weighted by atomic mass is 10.0. The number of anilines is 2. The van der Waals surface area contributed by atoms with Gasteiger partial charge in [0.1, 0.15) is 0 Å². The van der Waals surface area contributed by atoms with Crippen molar-refractivity contribution in [3.8, 4) is 0 Å². The maximum Gasteiger partial charge on any atom is 0.0463 e. The minimum absolute atomic E-state index is 1.15. The number of nitrogens with one attached hydrogen (secondary N) is 1. The van der Waals surface area contributed by atoms with E-state index in [9.17, 15) is 0 Å². The molecular weight excluding hydrogens is 278 g/mol. The molecule has 1 N–H and O–H groups in total. The molecule has 1 heteroatoms. The van der Waals surface area contributed by atoms with Gasteiger partial charge in [0.2, 0.25) is 0 Å². The van der Waals surface area contributed by atoms with E-state index in [1.54, 1.807) is 0 Å². The molecule has 3 aromatic rings. The van der Waals surface area contributed by atoms with E-state index in [-0.39, 0.29) is 0 Å². The summed E-state index contributed by atoms with van der Waals surface area (Å²) in [5, 5.41) is 6.21. The van der Waals surface area contributed by atoms with E-state index in [4.69, 9.17) is 0 Å². The summed E-state index contributed by atoms with van der Waals surface area (Å²) >= 11 is 0. The highest BCUT2D eigenvalue weighted by Gasteiger charge is 2.05. The number of fused-ring (bicyclic) bond motifs is 1. The number of hydrogen-bond acceptors (Lipinski definition) is 1. The first-order valence-corrected chi connectivity index (χ1v) is 8.71. The van der Waals surface area contributed by atoms with Gasteiger partial charge in [0, 0.05) is 16.8 Å². The minimum atomic E-state index is 1.15. The van der Waals surface area contributed by atoms with Crippen molar-refractivity contribution < 1.29 is 0 Å². The topological polar surface area (TPSA) is 12.0 Å². The van der Waals surface area contributed by atoms with Crippen LogP contribution < -0.4 is 5.32 Å². The zero-order chi connectivity index (χ0) is 15.9. The van der Waals surface area contributed by atoms with E-state index in [1.165, 1.54) is 53.4 Å². The maximum atomic E-state index is 3.66. The Morgan fingerprint density at radius 1 is 0.696 bits per heavy atom. The van der Waals surface area contributed by atoms with Crippen LogP contribution in [0.15, 0.2) is 66.7 Å². The van der Waals surface area contributed by atoms with Crippen molar-refractivity contribution in [3.63, 3.8) is 0 Å². The molecular formula is C22H25N. The van der Waals surface area contributed by atoms with Gasteiger partial charge in [-0.15, -0.1) is 0 Å². The molecule has 3 rings (SSSR count). The van der Waals surface area contributed by atoms with Gasteiger partial charge in [0.05, 0.1) is 0 Å². The minimum Gasteiger partial charge on any atom is -0.355 e. The molecule has 0 bridgehead atoms. The molecule has 0 saturated heterocycles. The van der Waals surface area contributed by atoms with Gasteiger partial charge in [-0.3, -0.25) is 0 Å². The molecule has 0 unspecified atom stereocenters. The fraction of sp³-hybridized carbons (Fsp3) is 0.273. The van der Waals surface area contributed by atoms with Gasteiger partial charge in [-0.1, -0.05) is 80.8 Å². The van der Waals surface area contributed by atoms with E-state index in [0.717, 1.165) is 6.42 Å². The quantitative estimate of drug-likeness (QED) is 0.478. The fourth-order valence-electron chi connectivity index (χ4n) is 3.08. The lowest BCUT2D eigenvalue weighted by molar-refractivity contribution is 0.667. The maximum absolute atomic E-state index is 3.66.